The molecule has 0 amide bonds. The van der Waals surface area contributed by atoms with Crippen LogP contribution >= 0.6 is 19.2 Å². The van der Waals surface area contributed by atoms with Crippen LogP contribution in [0.15, 0.2) is 0 Å². The van der Waals surface area contributed by atoms with Crippen LogP contribution < -0.4 is 5.32 Å². The number of fused-ring (bicyclic) bond motifs is 1. The zero-order chi connectivity index (χ0) is 23.4. The number of rotatable bonds is 7. The smallest absolute Gasteiger partial charge is 0.361 e. The van der Waals surface area contributed by atoms with Gasteiger partial charge >= 0.3 is 7.60 Å². The highest BCUT2D eigenvalue weighted by molar-refractivity contribution is 7.53. The molecule has 5 rings (SSSR count). The molecule has 0 aromatic carbocycles. The predicted octanol–water partition coefficient (Wildman–Crippen LogP) is -0.231. The van der Waals surface area contributed by atoms with Crippen LogP contribution in [0.5, 0.6) is 0 Å². The zero-order valence-electron chi connectivity index (χ0n) is 17.3. The Labute approximate surface area is 192 Å². The number of aliphatic hydroxyl groups excluding tert-OH is 2. The number of ether oxygens (including phenoxy) is 3. The van der Waals surface area contributed by atoms with E-state index in [0.29, 0.717) is 11.3 Å². The van der Waals surface area contributed by atoms with Crippen LogP contribution in [-0.2, 0) is 18.8 Å². The van der Waals surface area contributed by atoms with E-state index in [-0.39, 0.29) is 36.8 Å². The summed E-state index contributed by atoms with van der Waals surface area (Å²) in [4.78, 5) is 27.5. The Morgan fingerprint density at radius 3 is 2.58 bits per heavy atom. The molecule has 16 heteroatoms. The van der Waals surface area contributed by atoms with E-state index >= 15 is 0 Å². The molecule has 0 unspecified atom stereocenters. The van der Waals surface area contributed by atoms with Crippen LogP contribution in [0.1, 0.15) is 31.9 Å². The van der Waals surface area contributed by atoms with Crippen molar-refractivity contribution in [3.8, 4) is 0 Å². The van der Waals surface area contributed by atoms with Gasteiger partial charge in [-0.25, -0.2) is 0 Å². The number of aliphatic hydroxyl groups is 2. The summed E-state index contributed by atoms with van der Waals surface area (Å²) in [5, 5.41) is 30.7. The van der Waals surface area contributed by atoms with Crippen molar-refractivity contribution in [3.63, 3.8) is 0 Å². The monoisotopic (exact) mass is 506 g/mol. The molecule has 2 saturated heterocycles. The maximum absolute atomic E-state index is 11.8. The highest BCUT2D eigenvalue weighted by atomic mass is 35.5. The van der Waals surface area contributed by atoms with Gasteiger partial charge in [0.05, 0.1) is 19.8 Å². The minimum atomic E-state index is -4.63. The minimum absolute atomic E-state index is 0.0481. The van der Waals surface area contributed by atoms with Crippen molar-refractivity contribution in [2.45, 2.75) is 61.6 Å². The maximum atomic E-state index is 11.8. The van der Waals surface area contributed by atoms with Crippen molar-refractivity contribution in [1.29, 1.82) is 0 Å². The molecule has 0 bridgehead atoms. The largest absolute Gasteiger partial charge is 0.387 e. The van der Waals surface area contributed by atoms with E-state index in [9.17, 15) is 24.6 Å². The summed E-state index contributed by atoms with van der Waals surface area (Å²) >= 11 is 6.11. The van der Waals surface area contributed by atoms with Gasteiger partial charge in [-0.1, -0.05) is 18.1 Å². The fraction of sp³-hybridized carbons (Fsp3) is 0.765. The number of hydrogen-bond donors (Lipinski definition) is 5. The Morgan fingerprint density at radius 2 is 1.94 bits per heavy atom. The van der Waals surface area contributed by atoms with Crippen LogP contribution in [0.3, 0.4) is 0 Å². The van der Waals surface area contributed by atoms with E-state index in [1.807, 2.05) is 0 Å². The van der Waals surface area contributed by atoms with Crippen molar-refractivity contribution >= 4 is 36.2 Å². The number of anilines is 1. The van der Waals surface area contributed by atoms with Gasteiger partial charge < -0.3 is 39.5 Å². The topological polar surface area (TPSA) is 194 Å². The molecule has 0 radical (unpaired) electrons. The fourth-order valence-corrected chi connectivity index (χ4v) is 5.18. The van der Waals surface area contributed by atoms with Crippen LogP contribution in [0.4, 0.5) is 5.82 Å². The molecular weight excluding hydrogens is 483 g/mol. The second kappa shape index (κ2) is 8.63. The molecular formula is C17H24ClN6O8P. The summed E-state index contributed by atoms with van der Waals surface area (Å²) in [6, 6.07) is 0.234. The lowest BCUT2D eigenvalue weighted by Crippen LogP contribution is -2.53. The average Bonchev–Trinajstić information content (AvgIpc) is 3.42. The van der Waals surface area contributed by atoms with Crippen molar-refractivity contribution < 1.29 is 38.8 Å². The Kier molecular flexibility index (Phi) is 6.08. The molecule has 5 N–H and O–H groups in total. The average molecular weight is 507 g/mol. The molecule has 14 nitrogen and oxygen atoms in total. The highest BCUT2D eigenvalue weighted by Gasteiger charge is 2.56. The van der Waals surface area contributed by atoms with Gasteiger partial charge in [-0.3, -0.25) is 4.57 Å². The molecule has 182 valence electrons. The zero-order valence-corrected chi connectivity index (χ0v) is 19.0. The number of aromatic nitrogens is 5. The van der Waals surface area contributed by atoms with Gasteiger partial charge in [0.1, 0.15) is 18.3 Å². The standard InChI is InChI=1S/C17H24ClN6O8P/c18-16-20-13(19-8-3-1-2-4-8)10-14(21-16)24(23-22-10)15-12(26)11(25)9(32-15)5-31-17(6-30-7-17)33(27,28)29/h8-9,11-12,15,25-26H,1-7H2,(H,19,20,21)(H2,27,28,29)/t9-,11-,12-,15-/m1/s1. The van der Waals surface area contributed by atoms with Crippen LogP contribution in [0.2, 0.25) is 5.28 Å². The van der Waals surface area contributed by atoms with Crippen LogP contribution in [0, 0.1) is 0 Å². The first-order chi connectivity index (χ1) is 15.7. The Hall–Kier alpha value is -1.48. The summed E-state index contributed by atoms with van der Waals surface area (Å²) in [5.74, 6) is 0.421. The minimum Gasteiger partial charge on any atom is -0.387 e. The molecule has 33 heavy (non-hydrogen) atoms. The lowest BCUT2D eigenvalue weighted by atomic mass is 10.1. The second-order valence-electron chi connectivity index (χ2n) is 8.51. The number of halogens is 1. The molecule has 4 heterocycles. The van der Waals surface area contributed by atoms with E-state index < -0.39 is 37.5 Å². The van der Waals surface area contributed by atoms with Gasteiger partial charge in [0, 0.05) is 6.04 Å². The normalized spacial score (nSPS) is 30.1. The molecule has 2 aromatic heterocycles. The van der Waals surface area contributed by atoms with E-state index in [1.165, 1.54) is 4.68 Å². The fourth-order valence-electron chi connectivity index (χ4n) is 4.26. The SMILES string of the molecule is O=P(O)(O)C1(OC[C@H]2O[C@@H](n3nnc4c(NC5CCCC5)nc(Cl)nc43)[C@H](O)[C@@H]2O)COC1. The number of nitrogens with one attached hydrogen (secondary N) is 1. The Morgan fingerprint density at radius 1 is 1.21 bits per heavy atom. The lowest BCUT2D eigenvalue weighted by molar-refractivity contribution is -0.189. The van der Waals surface area contributed by atoms with E-state index in [0.717, 1.165) is 25.7 Å². The third-order valence-corrected chi connectivity index (χ3v) is 7.89. The Balaban J connectivity index is 1.36. The second-order valence-corrected chi connectivity index (χ2v) is 10.8. The summed E-state index contributed by atoms with van der Waals surface area (Å²) < 4.78 is 29.0. The van der Waals surface area contributed by atoms with Gasteiger partial charge in [-0.2, -0.15) is 14.6 Å². The Bertz CT molecular complexity index is 1070. The van der Waals surface area contributed by atoms with E-state index in [2.05, 4.69) is 25.6 Å². The molecule has 3 fully saturated rings. The lowest BCUT2D eigenvalue weighted by Gasteiger charge is -2.41. The van der Waals surface area contributed by atoms with Crippen molar-refractivity contribution in [1.82, 2.24) is 25.0 Å². The first kappa shape index (κ1) is 23.3. The summed E-state index contributed by atoms with van der Waals surface area (Å²) in [6.07, 6.45) is -0.914. The molecule has 1 saturated carbocycles. The quantitative estimate of drug-likeness (QED) is 0.244. The molecule has 3 aliphatic rings. The third kappa shape index (κ3) is 4.13. The van der Waals surface area contributed by atoms with E-state index in [1.54, 1.807) is 0 Å². The van der Waals surface area contributed by atoms with Crippen molar-refractivity contribution in [2.75, 3.05) is 25.1 Å². The molecule has 4 atom stereocenters. The van der Waals surface area contributed by atoms with Crippen LogP contribution in [0.25, 0.3) is 11.2 Å². The molecule has 2 aromatic rings. The maximum Gasteiger partial charge on any atom is 0.361 e. The van der Waals surface area contributed by atoms with Gasteiger partial charge in [-0.05, 0) is 24.4 Å². The van der Waals surface area contributed by atoms with Crippen molar-refractivity contribution in [3.05, 3.63) is 5.28 Å². The number of nitrogens with zero attached hydrogens (tertiary/aromatic N) is 5. The van der Waals surface area contributed by atoms with Gasteiger partial charge in [0.25, 0.3) is 0 Å². The van der Waals surface area contributed by atoms with E-state index in [4.69, 9.17) is 25.8 Å². The highest BCUT2D eigenvalue weighted by Crippen LogP contribution is 2.55. The molecule has 0 spiro atoms. The van der Waals surface area contributed by atoms with Crippen molar-refractivity contribution in [2.24, 2.45) is 0 Å². The van der Waals surface area contributed by atoms with Gasteiger partial charge in [-0.15, -0.1) is 5.10 Å². The summed E-state index contributed by atoms with van der Waals surface area (Å²) in [5.41, 5.74) is 0.538. The predicted molar refractivity (Wildman–Crippen MR) is 111 cm³/mol. The molecule has 1 aliphatic carbocycles. The first-order valence-electron chi connectivity index (χ1n) is 10.5. The van der Waals surface area contributed by atoms with Gasteiger partial charge in [0.2, 0.25) is 10.6 Å². The van der Waals surface area contributed by atoms with Crippen LogP contribution in [-0.4, -0.2) is 94.5 Å². The molecule has 2 aliphatic heterocycles. The number of hydrogen-bond acceptors (Lipinski definition) is 11. The third-order valence-electron chi connectivity index (χ3n) is 6.27. The first-order valence-corrected chi connectivity index (χ1v) is 12.5. The summed E-state index contributed by atoms with van der Waals surface area (Å²) in [6.45, 7) is -0.960. The summed E-state index contributed by atoms with van der Waals surface area (Å²) in [7, 11) is -4.63. The van der Waals surface area contributed by atoms with Gasteiger partial charge in [0.15, 0.2) is 23.2 Å².